The summed E-state index contributed by atoms with van der Waals surface area (Å²) in [7, 11) is 0. The summed E-state index contributed by atoms with van der Waals surface area (Å²) < 4.78 is 2.00. The normalized spacial score (nSPS) is 10.1. The SMILES string of the molecule is CCc1nccn1CCC(=O)NCc1cccc(C#N)c1. The zero-order valence-corrected chi connectivity index (χ0v) is 12.0. The van der Waals surface area contributed by atoms with Gasteiger partial charge in [-0.15, -0.1) is 0 Å². The highest BCUT2D eigenvalue weighted by molar-refractivity contribution is 5.75. The van der Waals surface area contributed by atoms with E-state index in [4.69, 9.17) is 5.26 Å². The number of carbonyl (C=O) groups is 1. The second-order valence-corrected chi connectivity index (χ2v) is 4.73. The number of carbonyl (C=O) groups excluding carboxylic acids is 1. The van der Waals surface area contributed by atoms with Gasteiger partial charge in [0.05, 0.1) is 11.6 Å². The van der Waals surface area contributed by atoms with Crippen molar-refractivity contribution in [1.82, 2.24) is 14.9 Å². The molecule has 0 spiro atoms. The highest BCUT2D eigenvalue weighted by atomic mass is 16.1. The lowest BCUT2D eigenvalue weighted by atomic mass is 10.1. The molecule has 0 radical (unpaired) electrons. The molecule has 0 fully saturated rings. The van der Waals surface area contributed by atoms with E-state index >= 15 is 0 Å². The van der Waals surface area contributed by atoms with Crippen molar-refractivity contribution >= 4 is 5.91 Å². The van der Waals surface area contributed by atoms with Crippen LogP contribution >= 0.6 is 0 Å². The molecule has 21 heavy (non-hydrogen) atoms. The van der Waals surface area contributed by atoms with E-state index in [9.17, 15) is 4.79 Å². The Morgan fingerprint density at radius 2 is 2.33 bits per heavy atom. The summed E-state index contributed by atoms with van der Waals surface area (Å²) in [6.45, 7) is 3.12. The second-order valence-electron chi connectivity index (χ2n) is 4.73. The van der Waals surface area contributed by atoms with Crippen LogP contribution in [-0.2, 0) is 24.3 Å². The van der Waals surface area contributed by atoms with Crippen molar-refractivity contribution in [2.75, 3.05) is 0 Å². The van der Waals surface area contributed by atoms with Gasteiger partial charge in [-0.25, -0.2) is 4.98 Å². The number of imidazole rings is 1. The molecular formula is C16H18N4O. The van der Waals surface area contributed by atoms with Gasteiger partial charge in [-0.1, -0.05) is 19.1 Å². The van der Waals surface area contributed by atoms with Crippen molar-refractivity contribution in [2.45, 2.75) is 32.9 Å². The number of benzene rings is 1. The molecule has 1 amide bonds. The number of aromatic nitrogens is 2. The second kappa shape index (κ2) is 7.25. The summed E-state index contributed by atoms with van der Waals surface area (Å²) in [5.41, 5.74) is 1.53. The van der Waals surface area contributed by atoms with Gasteiger partial charge in [0, 0.05) is 38.3 Å². The fourth-order valence-corrected chi connectivity index (χ4v) is 2.12. The summed E-state index contributed by atoms with van der Waals surface area (Å²) in [5.74, 6) is 0.984. The topological polar surface area (TPSA) is 70.7 Å². The van der Waals surface area contributed by atoms with Gasteiger partial charge in [0.2, 0.25) is 5.91 Å². The largest absolute Gasteiger partial charge is 0.352 e. The molecule has 5 heteroatoms. The number of hydrogen-bond donors (Lipinski definition) is 1. The van der Waals surface area contributed by atoms with Gasteiger partial charge in [0.15, 0.2) is 0 Å². The average Bonchev–Trinajstić information content (AvgIpc) is 2.98. The number of amides is 1. The molecule has 0 saturated carbocycles. The molecule has 0 aliphatic carbocycles. The molecule has 1 N–H and O–H groups in total. The van der Waals surface area contributed by atoms with Crippen LogP contribution < -0.4 is 5.32 Å². The lowest BCUT2D eigenvalue weighted by Gasteiger charge is -2.08. The zero-order chi connectivity index (χ0) is 15.1. The van der Waals surface area contributed by atoms with Crippen molar-refractivity contribution < 1.29 is 4.79 Å². The van der Waals surface area contributed by atoms with Gasteiger partial charge in [-0.3, -0.25) is 4.79 Å². The molecule has 1 aromatic carbocycles. The minimum absolute atomic E-state index is 0.00638. The quantitative estimate of drug-likeness (QED) is 0.881. The lowest BCUT2D eigenvalue weighted by molar-refractivity contribution is -0.121. The first-order valence-corrected chi connectivity index (χ1v) is 6.98. The van der Waals surface area contributed by atoms with Crippen molar-refractivity contribution in [3.8, 4) is 6.07 Å². The minimum Gasteiger partial charge on any atom is -0.352 e. The highest BCUT2D eigenvalue weighted by Crippen LogP contribution is 2.04. The number of nitriles is 1. The molecule has 1 heterocycles. The van der Waals surface area contributed by atoms with Crippen molar-refractivity contribution in [3.05, 3.63) is 53.6 Å². The number of hydrogen-bond acceptors (Lipinski definition) is 3. The Balaban J connectivity index is 1.81. The van der Waals surface area contributed by atoms with Crippen LogP contribution in [0.25, 0.3) is 0 Å². The van der Waals surface area contributed by atoms with E-state index in [2.05, 4.69) is 16.4 Å². The molecule has 0 bridgehead atoms. The summed E-state index contributed by atoms with van der Waals surface area (Å²) in [4.78, 5) is 16.1. The van der Waals surface area contributed by atoms with Gasteiger partial charge < -0.3 is 9.88 Å². The van der Waals surface area contributed by atoms with E-state index in [1.54, 1.807) is 18.3 Å². The summed E-state index contributed by atoms with van der Waals surface area (Å²) in [6, 6.07) is 9.33. The van der Waals surface area contributed by atoms with Crippen LogP contribution in [0.3, 0.4) is 0 Å². The highest BCUT2D eigenvalue weighted by Gasteiger charge is 2.05. The van der Waals surface area contributed by atoms with Crippen LogP contribution in [0.2, 0.25) is 0 Å². The Labute approximate surface area is 124 Å². The third-order valence-electron chi connectivity index (χ3n) is 3.24. The average molecular weight is 282 g/mol. The van der Waals surface area contributed by atoms with E-state index < -0.39 is 0 Å². The number of nitrogens with one attached hydrogen (secondary N) is 1. The Hall–Kier alpha value is -2.61. The molecule has 0 aliphatic rings. The van der Waals surface area contributed by atoms with Crippen LogP contribution in [0.5, 0.6) is 0 Å². The van der Waals surface area contributed by atoms with E-state index in [-0.39, 0.29) is 5.91 Å². The summed E-state index contributed by atoms with van der Waals surface area (Å²) >= 11 is 0. The predicted molar refractivity (Wildman–Crippen MR) is 79.2 cm³/mol. The Morgan fingerprint density at radius 3 is 3.10 bits per heavy atom. The first-order chi connectivity index (χ1) is 10.2. The molecule has 2 aromatic rings. The summed E-state index contributed by atoms with van der Waals surface area (Å²) in [6.07, 6.45) is 4.92. The van der Waals surface area contributed by atoms with Crippen LogP contribution in [0.15, 0.2) is 36.7 Å². The Bertz CT molecular complexity index is 654. The predicted octanol–water partition coefficient (Wildman–Crippen LogP) is 2.02. The third-order valence-corrected chi connectivity index (χ3v) is 3.24. The molecule has 2 rings (SSSR count). The van der Waals surface area contributed by atoms with Crippen LogP contribution in [0.1, 0.15) is 30.3 Å². The Kier molecular flexibility index (Phi) is 5.10. The van der Waals surface area contributed by atoms with E-state index in [0.717, 1.165) is 17.8 Å². The van der Waals surface area contributed by atoms with Gasteiger partial charge >= 0.3 is 0 Å². The van der Waals surface area contributed by atoms with E-state index in [1.165, 1.54) is 0 Å². The molecule has 0 aliphatic heterocycles. The maximum atomic E-state index is 11.9. The third kappa shape index (κ3) is 4.18. The maximum Gasteiger partial charge on any atom is 0.222 e. The fraction of sp³-hybridized carbons (Fsp3) is 0.312. The standard InChI is InChI=1S/C16H18N4O/c1-2-15-18-7-9-20(15)8-6-16(21)19-12-14-5-3-4-13(10-14)11-17/h3-5,7,9-10H,2,6,8,12H2,1H3,(H,19,21). The molecule has 0 atom stereocenters. The van der Waals surface area contributed by atoms with Crippen molar-refractivity contribution in [1.29, 1.82) is 5.26 Å². The van der Waals surface area contributed by atoms with Gasteiger partial charge in [-0.05, 0) is 17.7 Å². The van der Waals surface area contributed by atoms with Crippen LogP contribution in [0.4, 0.5) is 0 Å². The van der Waals surface area contributed by atoms with E-state index in [1.807, 2.05) is 29.8 Å². The number of rotatable bonds is 6. The molecule has 0 saturated heterocycles. The molecular weight excluding hydrogens is 264 g/mol. The smallest absolute Gasteiger partial charge is 0.222 e. The molecule has 5 nitrogen and oxygen atoms in total. The summed E-state index contributed by atoms with van der Waals surface area (Å²) in [5, 5.41) is 11.7. The number of aryl methyl sites for hydroxylation is 2. The van der Waals surface area contributed by atoms with Crippen molar-refractivity contribution in [3.63, 3.8) is 0 Å². The van der Waals surface area contributed by atoms with Crippen molar-refractivity contribution in [2.24, 2.45) is 0 Å². The fourth-order valence-electron chi connectivity index (χ4n) is 2.12. The van der Waals surface area contributed by atoms with Gasteiger partial charge in [-0.2, -0.15) is 5.26 Å². The molecule has 108 valence electrons. The first-order valence-electron chi connectivity index (χ1n) is 6.98. The van der Waals surface area contributed by atoms with Gasteiger partial charge in [0.25, 0.3) is 0 Å². The molecule has 1 aromatic heterocycles. The van der Waals surface area contributed by atoms with Gasteiger partial charge in [0.1, 0.15) is 5.82 Å². The lowest BCUT2D eigenvalue weighted by Crippen LogP contribution is -2.24. The van der Waals surface area contributed by atoms with Crippen LogP contribution in [0, 0.1) is 11.3 Å². The zero-order valence-electron chi connectivity index (χ0n) is 12.0. The molecule has 0 unspecified atom stereocenters. The van der Waals surface area contributed by atoms with Crippen LogP contribution in [-0.4, -0.2) is 15.5 Å². The first kappa shape index (κ1) is 14.8. The number of nitrogens with zero attached hydrogens (tertiary/aromatic N) is 3. The monoisotopic (exact) mass is 282 g/mol. The Morgan fingerprint density at radius 1 is 1.48 bits per heavy atom. The maximum absolute atomic E-state index is 11.9. The van der Waals surface area contributed by atoms with E-state index in [0.29, 0.717) is 25.1 Å². The minimum atomic E-state index is -0.00638.